The number of phenolic OH excluding ortho intramolecular Hbond substituents is 1. The average Bonchev–Trinajstić information content (AvgIpc) is 2.84. The summed E-state index contributed by atoms with van der Waals surface area (Å²) in [6.45, 7) is 1.00. The number of likely N-dealkylation sites (N-methyl/N-ethyl adjacent to an activating group) is 1. The van der Waals surface area contributed by atoms with Gasteiger partial charge in [-0.2, -0.15) is 0 Å². The van der Waals surface area contributed by atoms with Crippen LogP contribution in [0.4, 0.5) is 0 Å². The van der Waals surface area contributed by atoms with Crippen LogP contribution in [-0.4, -0.2) is 60.4 Å². The van der Waals surface area contributed by atoms with Gasteiger partial charge in [0.1, 0.15) is 11.5 Å². The van der Waals surface area contributed by atoms with Gasteiger partial charge < -0.3 is 25.2 Å². The number of amides is 1. The molecule has 0 bridgehead atoms. The number of carbonyl (C=O) groups is 1. The molecule has 0 aliphatic carbocycles. The smallest absolute Gasteiger partial charge is 0.257 e. The molecule has 1 amide bonds. The number of aliphatic hydroxyl groups is 1. The summed E-state index contributed by atoms with van der Waals surface area (Å²) in [7, 11) is 3.11. The third-order valence-electron chi connectivity index (χ3n) is 3.40. The predicted octanol–water partition coefficient (Wildman–Crippen LogP) is -0.195. The van der Waals surface area contributed by atoms with E-state index in [1.165, 1.54) is 24.1 Å². The first-order valence-corrected chi connectivity index (χ1v) is 6.07. The van der Waals surface area contributed by atoms with Crippen molar-refractivity contribution in [3.05, 3.63) is 23.8 Å². The van der Waals surface area contributed by atoms with Gasteiger partial charge in [-0.1, -0.05) is 0 Å². The number of methoxy groups -OCH3 is 1. The van der Waals surface area contributed by atoms with Crippen molar-refractivity contribution in [3.8, 4) is 11.5 Å². The Hall–Kier alpha value is -1.79. The van der Waals surface area contributed by atoms with Crippen molar-refractivity contribution in [1.82, 2.24) is 10.2 Å². The highest BCUT2D eigenvalue weighted by Crippen LogP contribution is 2.25. The Morgan fingerprint density at radius 1 is 1.47 bits per heavy atom. The number of nitrogens with zero attached hydrogens (tertiary/aromatic N) is 1. The molecule has 1 saturated heterocycles. The molecule has 0 unspecified atom stereocenters. The fraction of sp³-hybridized carbons (Fsp3) is 0.462. The van der Waals surface area contributed by atoms with Gasteiger partial charge >= 0.3 is 0 Å². The van der Waals surface area contributed by atoms with E-state index in [0.29, 0.717) is 18.8 Å². The number of ether oxygens (including phenoxy) is 1. The molecule has 3 N–H and O–H groups in total. The van der Waals surface area contributed by atoms with E-state index < -0.39 is 6.10 Å². The lowest BCUT2D eigenvalue weighted by atomic mass is 10.1. The number of rotatable bonds is 3. The van der Waals surface area contributed by atoms with Gasteiger partial charge in [0, 0.05) is 20.1 Å². The number of aliphatic hydroxyl groups excluding tert-OH is 1. The first kappa shape index (κ1) is 13.6. The van der Waals surface area contributed by atoms with Crippen LogP contribution in [0.3, 0.4) is 0 Å². The molecule has 1 aromatic rings. The van der Waals surface area contributed by atoms with Crippen LogP contribution >= 0.6 is 0 Å². The lowest BCUT2D eigenvalue weighted by Gasteiger charge is -2.26. The second kappa shape index (κ2) is 5.46. The van der Waals surface area contributed by atoms with E-state index in [9.17, 15) is 15.0 Å². The summed E-state index contributed by atoms with van der Waals surface area (Å²) in [5.41, 5.74) is 0.168. The van der Waals surface area contributed by atoms with Crippen molar-refractivity contribution in [1.29, 1.82) is 0 Å². The van der Waals surface area contributed by atoms with Gasteiger partial charge in [0.05, 0.1) is 24.8 Å². The van der Waals surface area contributed by atoms with Crippen LogP contribution in [0, 0.1) is 0 Å². The zero-order valence-corrected chi connectivity index (χ0v) is 11.0. The zero-order chi connectivity index (χ0) is 14.0. The normalized spacial score (nSPS) is 22.3. The molecule has 6 heteroatoms. The van der Waals surface area contributed by atoms with Gasteiger partial charge in [-0.05, 0) is 18.2 Å². The van der Waals surface area contributed by atoms with E-state index >= 15 is 0 Å². The zero-order valence-electron chi connectivity index (χ0n) is 11.0. The fourth-order valence-corrected chi connectivity index (χ4v) is 2.20. The number of nitrogens with one attached hydrogen (secondary N) is 1. The third kappa shape index (κ3) is 2.64. The van der Waals surface area contributed by atoms with E-state index in [1.54, 1.807) is 13.1 Å². The number of β-amino-alcohol motifs (C(OH)–C–C–N with tert-alkyl or cyclic N) is 1. The van der Waals surface area contributed by atoms with Crippen LogP contribution in [-0.2, 0) is 0 Å². The first-order chi connectivity index (χ1) is 9.04. The van der Waals surface area contributed by atoms with Gasteiger partial charge in [0.25, 0.3) is 5.91 Å². The van der Waals surface area contributed by atoms with Crippen LogP contribution in [0.5, 0.6) is 11.5 Å². The highest BCUT2D eigenvalue weighted by atomic mass is 16.5. The van der Waals surface area contributed by atoms with Gasteiger partial charge in [-0.25, -0.2) is 0 Å². The van der Waals surface area contributed by atoms with Crippen molar-refractivity contribution in [2.24, 2.45) is 0 Å². The van der Waals surface area contributed by atoms with Crippen LogP contribution in [0.1, 0.15) is 10.4 Å². The Bertz CT molecular complexity index is 478. The van der Waals surface area contributed by atoms with Gasteiger partial charge in [0.2, 0.25) is 0 Å². The average molecular weight is 266 g/mol. The number of aromatic hydroxyl groups is 1. The highest BCUT2D eigenvalue weighted by Gasteiger charge is 2.32. The summed E-state index contributed by atoms with van der Waals surface area (Å²) in [4.78, 5) is 13.8. The summed E-state index contributed by atoms with van der Waals surface area (Å²) in [6.07, 6.45) is -0.596. The lowest BCUT2D eigenvalue weighted by molar-refractivity contribution is 0.0578. The molecule has 104 valence electrons. The molecular weight excluding hydrogens is 248 g/mol. The summed E-state index contributed by atoms with van der Waals surface area (Å²) in [5.74, 6) is 0.0573. The molecule has 1 aliphatic rings. The van der Waals surface area contributed by atoms with Gasteiger partial charge in [-0.15, -0.1) is 0 Å². The number of hydrogen-bond donors (Lipinski definition) is 3. The Balaban J connectivity index is 2.23. The monoisotopic (exact) mass is 266 g/mol. The third-order valence-corrected chi connectivity index (χ3v) is 3.40. The molecule has 0 spiro atoms. The highest BCUT2D eigenvalue weighted by molar-refractivity contribution is 5.97. The molecule has 19 heavy (non-hydrogen) atoms. The van der Waals surface area contributed by atoms with Crippen molar-refractivity contribution < 1.29 is 19.7 Å². The Kier molecular flexibility index (Phi) is 3.92. The minimum atomic E-state index is -0.596. The maximum atomic E-state index is 12.3. The van der Waals surface area contributed by atoms with Crippen molar-refractivity contribution in [3.63, 3.8) is 0 Å². The number of benzene rings is 1. The molecule has 1 fully saturated rings. The van der Waals surface area contributed by atoms with E-state index in [1.807, 2.05) is 0 Å². The summed E-state index contributed by atoms with van der Waals surface area (Å²) in [6, 6.07) is 4.20. The summed E-state index contributed by atoms with van der Waals surface area (Å²) >= 11 is 0. The second-order valence-corrected chi connectivity index (χ2v) is 4.59. The van der Waals surface area contributed by atoms with Gasteiger partial charge in [0.15, 0.2) is 0 Å². The molecule has 0 saturated carbocycles. The van der Waals surface area contributed by atoms with E-state index in [0.717, 1.165) is 0 Å². The quantitative estimate of drug-likeness (QED) is 0.706. The molecule has 1 aromatic carbocycles. The van der Waals surface area contributed by atoms with Crippen molar-refractivity contribution >= 4 is 5.91 Å². The van der Waals surface area contributed by atoms with E-state index in [-0.39, 0.29) is 23.3 Å². The fourth-order valence-electron chi connectivity index (χ4n) is 2.20. The van der Waals surface area contributed by atoms with Crippen LogP contribution < -0.4 is 10.1 Å². The molecular formula is C13H18N2O4. The standard InChI is InChI=1S/C13H18N2O4/c1-15(10-6-14-7-12(10)17)13(18)9-5-8(19-2)3-4-11(9)16/h3-5,10,12,14,16-17H,6-7H2,1-2H3/t10-,12-/m1/s1. The second-order valence-electron chi connectivity index (χ2n) is 4.59. The minimum Gasteiger partial charge on any atom is -0.507 e. The Morgan fingerprint density at radius 2 is 2.21 bits per heavy atom. The van der Waals surface area contributed by atoms with Crippen LogP contribution in [0.25, 0.3) is 0 Å². The molecule has 1 aliphatic heterocycles. The van der Waals surface area contributed by atoms with Gasteiger partial charge in [-0.3, -0.25) is 4.79 Å². The van der Waals surface area contributed by atoms with Crippen molar-refractivity contribution in [2.75, 3.05) is 27.2 Å². The predicted molar refractivity (Wildman–Crippen MR) is 69.4 cm³/mol. The Morgan fingerprint density at radius 3 is 2.79 bits per heavy atom. The molecule has 6 nitrogen and oxygen atoms in total. The molecule has 1 heterocycles. The largest absolute Gasteiger partial charge is 0.507 e. The number of hydrogen-bond acceptors (Lipinski definition) is 5. The van der Waals surface area contributed by atoms with Crippen molar-refractivity contribution in [2.45, 2.75) is 12.1 Å². The molecule has 0 radical (unpaired) electrons. The SMILES string of the molecule is COc1ccc(O)c(C(=O)N(C)[C@@H]2CNC[C@H]2O)c1. The minimum absolute atomic E-state index is 0.0990. The Labute approximate surface area is 111 Å². The van der Waals surface area contributed by atoms with E-state index in [2.05, 4.69) is 5.32 Å². The maximum Gasteiger partial charge on any atom is 0.257 e. The lowest BCUT2D eigenvalue weighted by Crippen LogP contribution is -2.44. The van der Waals surface area contributed by atoms with Crippen LogP contribution in [0.2, 0.25) is 0 Å². The number of carbonyl (C=O) groups excluding carboxylic acids is 1. The maximum absolute atomic E-state index is 12.3. The number of phenols is 1. The van der Waals surface area contributed by atoms with Crippen LogP contribution in [0.15, 0.2) is 18.2 Å². The summed E-state index contributed by atoms with van der Waals surface area (Å²) in [5, 5.41) is 22.6. The summed E-state index contributed by atoms with van der Waals surface area (Å²) < 4.78 is 5.04. The molecule has 2 atom stereocenters. The topological polar surface area (TPSA) is 82.0 Å². The molecule has 0 aromatic heterocycles. The first-order valence-electron chi connectivity index (χ1n) is 6.07. The van der Waals surface area contributed by atoms with E-state index in [4.69, 9.17) is 4.74 Å². The molecule has 2 rings (SSSR count).